The van der Waals surface area contributed by atoms with Gasteiger partial charge >= 0.3 is 0 Å². The van der Waals surface area contributed by atoms with Gasteiger partial charge in [-0.05, 0) is 30.0 Å². The number of carbonyl (C=O) groups is 1. The van der Waals surface area contributed by atoms with E-state index < -0.39 is 0 Å². The van der Waals surface area contributed by atoms with Crippen molar-refractivity contribution in [2.24, 2.45) is 5.73 Å². The number of amides is 1. The molecule has 0 bridgehead atoms. The highest BCUT2D eigenvalue weighted by Gasteiger charge is 2.33. The summed E-state index contributed by atoms with van der Waals surface area (Å²) in [6.07, 6.45) is 2.10. The van der Waals surface area contributed by atoms with Crippen molar-refractivity contribution < 1.29 is 4.79 Å². The third-order valence-corrected chi connectivity index (χ3v) is 5.44. The number of fused-ring (bicyclic) bond motifs is 1. The fraction of sp³-hybridized carbons (Fsp3) is 0.381. The maximum Gasteiger partial charge on any atom is 0.241 e. The highest BCUT2D eigenvalue weighted by molar-refractivity contribution is 5.96. The molecule has 1 saturated heterocycles. The van der Waals surface area contributed by atoms with Crippen LogP contribution in [0.1, 0.15) is 23.5 Å². The fourth-order valence-electron chi connectivity index (χ4n) is 4.16. The Hall–Kier alpha value is -1.88. The van der Waals surface area contributed by atoms with Crippen molar-refractivity contribution in [3.63, 3.8) is 0 Å². The first-order chi connectivity index (χ1) is 12.2. The Morgan fingerprint density at radius 2 is 1.77 bits per heavy atom. The van der Waals surface area contributed by atoms with Crippen LogP contribution in [-0.2, 0) is 11.2 Å². The van der Waals surface area contributed by atoms with Gasteiger partial charge in [0.1, 0.15) is 0 Å². The van der Waals surface area contributed by atoms with Gasteiger partial charge in [0, 0.05) is 37.3 Å². The molecule has 0 spiro atoms. The first kappa shape index (κ1) is 18.9. The van der Waals surface area contributed by atoms with Gasteiger partial charge in [-0.15, -0.1) is 12.4 Å². The van der Waals surface area contributed by atoms with Crippen LogP contribution in [-0.4, -0.2) is 43.0 Å². The van der Waals surface area contributed by atoms with E-state index in [0.29, 0.717) is 12.5 Å². The molecule has 2 heterocycles. The number of likely N-dealkylation sites (tertiary alicyclic amines) is 1. The lowest BCUT2D eigenvalue weighted by molar-refractivity contribution is -0.119. The standard InChI is InChI=1S/C21H25N3O.ClH/c22-19-14-23(13-18(19)16-7-2-1-3-8-16)15-21(25)24-12-6-10-17-9-4-5-11-20(17)24;/h1-5,7-9,11,18-19H,6,10,12-15,22H2;1H/t18-,19+;/m0./s1. The summed E-state index contributed by atoms with van der Waals surface area (Å²) in [5.41, 5.74) is 10.0. The van der Waals surface area contributed by atoms with Gasteiger partial charge in [-0.3, -0.25) is 9.69 Å². The van der Waals surface area contributed by atoms with Crippen molar-refractivity contribution in [1.82, 2.24) is 4.90 Å². The molecule has 0 aliphatic carbocycles. The molecule has 2 aliphatic heterocycles. The molecule has 5 heteroatoms. The molecule has 0 radical (unpaired) electrons. The quantitative estimate of drug-likeness (QED) is 0.902. The first-order valence-electron chi connectivity index (χ1n) is 9.13. The molecular formula is C21H26ClN3O. The topological polar surface area (TPSA) is 49.6 Å². The molecule has 1 fully saturated rings. The SMILES string of the molecule is Cl.N[C@@H]1CN(CC(=O)N2CCCc3ccccc32)C[C@H]1c1ccccc1. The molecule has 2 N–H and O–H groups in total. The second kappa shape index (κ2) is 8.21. The van der Waals surface area contributed by atoms with E-state index in [2.05, 4.69) is 47.4 Å². The van der Waals surface area contributed by atoms with Gasteiger partial charge in [-0.2, -0.15) is 0 Å². The van der Waals surface area contributed by atoms with E-state index in [1.165, 1.54) is 11.1 Å². The van der Waals surface area contributed by atoms with Crippen LogP contribution in [0, 0.1) is 0 Å². The zero-order valence-corrected chi connectivity index (χ0v) is 15.7. The molecule has 2 aromatic rings. The van der Waals surface area contributed by atoms with Gasteiger partial charge in [0.15, 0.2) is 0 Å². The predicted octanol–water partition coefficient (Wildman–Crippen LogP) is 2.81. The second-order valence-electron chi connectivity index (χ2n) is 7.15. The average molecular weight is 372 g/mol. The van der Waals surface area contributed by atoms with Crippen molar-refractivity contribution in [1.29, 1.82) is 0 Å². The number of hydrogen-bond acceptors (Lipinski definition) is 3. The summed E-state index contributed by atoms with van der Waals surface area (Å²) in [6.45, 7) is 2.90. The Labute approximate surface area is 161 Å². The molecule has 4 nitrogen and oxygen atoms in total. The molecule has 1 amide bonds. The van der Waals surface area contributed by atoms with E-state index >= 15 is 0 Å². The molecule has 2 aliphatic rings. The summed E-state index contributed by atoms with van der Waals surface area (Å²) in [7, 11) is 0. The maximum atomic E-state index is 12.9. The van der Waals surface area contributed by atoms with Crippen LogP contribution < -0.4 is 10.6 Å². The molecule has 0 saturated carbocycles. The summed E-state index contributed by atoms with van der Waals surface area (Å²) in [5, 5.41) is 0. The number of nitrogens with two attached hydrogens (primary N) is 1. The number of halogens is 1. The number of benzene rings is 2. The van der Waals surface area contributed by atoms with Gasteiger partial charge in [-0.1, -0.05) is 48.5 Å². The minimum absolute atomic E-state index is 0. The second-order valence-corrected chi connectivity index (χ2v) is 7.15. The van der Waals surface area contributed by atoms with E-state index in [9.17, 15) is 4.79 Å². The van der Waals surface area contributed by atoms with Crippen molar-refractivity contribution in [2.75, 3.05) is 31.1 Å². The van der Waals surface area contributed by atoms with Crippen LogP contribution >= 0.6 is 12.4 Å². The van der Waals surface area contributed by atoms with E-state index in [0.717, 1.165) is 38.2 Å². The zero-order chi connectivity index (χ0) is 17.2. The summed E-state index contributed by atoms with van der Waals surface area (Å²) in [5.74, 6) is 0.496. The largest absolute Gasteiger partial charge is 0.326 e. The monoisotopic (exact) mass is 371 g/mol. The van der Waals surface area contributed by atoms with Crippen LogP contribution in [0.15, 0.2) is 54.6 Å². The minimum atomic E-state index is 0. The van der Waals surface area contributed by atoms with E-state index in [1.54, 1.807) is 0 Å². The number of rotatable bonds is 3. The third-order valence-electron chi connectivity index (χ3n) is 5.44. The average Bonchev–Trinajstić information content (AvgIpc) is 3.02. The number of para-hydroxylation sites is 1. The number of hydrogen-bond donors (Lipinski definition) is 1. The van der Waals surface area contributed by atoms with Crippen LogP contribution in [0.25, 0.3) is 0 Å². The molecule has 2 aromatic carbocycles. The molecule has 26 heavy (non-hydrogen) atoms. The Morgan fingerprint density at radius 1 is 1.04 bits per heavy atom. The number of carbonyl (C=O) groups excluding carboxylic acids is 1. The highest BCUT2D eigenvalue weighted by Crippen LogP contribution is 2.29. The predicted molar refractivity (Wildman–Crippen MR) is 108 cm³/mol. The fourth-order valence-corrected chi connectivity index (χ4v) is 4.16. The zero-order valence-electron chi connectivity index (χ0n) is 14.9. The van der Waals surface area contributed by atoms with Crippen molar-refractivity contribution in [3.05, 3.63) is 65.7 Å². The number of nitrogens with zero attached hydrogens (tertiary/aromatic N) is 2. The van der Waals surface area contributed by atoms with Crippen LogP contribution in [0.2, 0.25) is 0 Å². The van der Waals surface area contributed by atoms with Crippen molar-refractivity contribution >= 4 is 24.0 Å². The molecule has 4 rings (SSSR count). The summed E-state index contributed by atoms with van der Waals surface area (Å²) in [6, 6.07) is 18.8. The Bertz CT molecular complexity index is 752. The Kier molecular flexibility index (Phi) is 5.97. The number of anilines is 1. The van der Waals surface area contributed by atoms with Crippen LogP contribution in [0.4, 0.5) is 5.69 Å². The lowest BCUT2D eigenvalue weighted by atomic mass is 9.95. The van der Waals surface area contributed by atoms with Gasteiger partial charge in [0.05, 0.1) is 6.54 Å². The van der Waals surface area contributed by atoms with Crippen molar-refractivity contribution in [3.8, 4) is 0 Å². The third kappa shape index (κ3) is 3.78. The van der Waals surface area contributed by atoms with Crippen molar-refractivity contribution in [2.45, 2.75) is 24.8 Å². The molecule has 0 aromatic heterocycles. The van der Waals surface area contributed by atoms with Gasteiger partial charge < -0.3 is 10.6 Å². The summed E-state index contributed by atoms with van der Waals surface area (Å²) in [4.78, 5) is 17.1. The van der Waals surface area contributed by atoms with Gasteiger partial charge in [0.25, 0.3) is 0 Å². The molecule has 2 atom stereocenters. The Balaban J connectivity index is 0.00000196. The van der Waals surface area contributed by atoms with E-state index in [1.807, 2.05) is 17.0 Å². The van der Waals surface area contributed by atoms with Crippen LogP contribution in [0.3, 0.4) is 0 Å². The van der Waals surface area contributed by atoms with E-state index in [4.69, 9.17) is 5.73 Å². The van der Waals surface area contributed by atoms with Crippen LogP contribution in [0.5, 0.6) is 0 Å². The lowest BCUT2D eigenvalue weighted by Gasteiger charge is -2.31. The summed E-state index contributed by atoms with van der Waals surface area (Å²) >= 11 is 0. The van der Waals surface area contributed by atoms with E-state index in [-0.39, 0.29) is 24.4 Å². The molecule has 138 valence electrons. The lowest BCUT2D eigenvalue weighted by Crippen LogP contribution is -2.42. The molecular weight excluding hydrogens is 346 g/mol. The van der Waals surface area contributed by atoms with Gasteiger partial charge in [-0.25, -0.2) is 0 Å². The Morgan fingerprint density at radius 3 is 2.58 bits per heavy atom. The smallest absolute Gasteiger partial charge is 0.241 e. The van der Waals surface area contributed by atoms with Gasteiger partial charge in [0.2, 0.25) is 5.91 Å². The number of aryl methyl sites for hydroxylation is 1. The normalized spacial score (nSPS) is 22.6. The maximum absolute atomic E-state index is 12.9. The first-order valence-corrected chi connectivity index (χ1v) is 9.13. The molecule has 0 unspecified atom stereocenters. The minimum Gasteiger partial charge on any atom is -0.326 e. The highest BCUT2D eigenvalue weighted by atomic mass is 35.5. The summed E-state index contributed by atoms with van der Waals surface area (Å²) < 4.78 is 0.